The molecule has 0 amide bonds. The Kier molecular flexibility index (Phi) is 3.86. The third-order valence-electron chi connectivity index (χ3n) is 1.64. The average Bonchev–Trinajstić information content (AvgIpc) is 2.20. The first-order valence-corrected chi connectivity index (χ1v) is 4.30. The van der Waals surface area contributed by atoms with E-state index >= 15 is 0 Å². The Morgan fingerprint density at radius 2 is 2.00 bits per heavy atom. The van der Waals surface area contributed by atoms with Crippen LogP contribution < -0.4 is 11.5 Å². The van der Waals surface area contributed by atoms with Gasteiger partial charge in [0.2, 0.25) is 5.96 Å². The van der Waals surface area contributed by atoms with Crippen molar-refractivity contribution in [2.24, 2.45) is 21.7 Å². The number of nitrogens with two attached hydrogens (primary N) is 2. The zero-order valence-corrected chi connectivity index (χ0v) is 8.09. The van der Waals surface area contributed by atoms with Gasteiger partial charge in [0.05, 0.1) is 18.7 Å². The van der Waals surface area contributed by atoms with Gasteiger partial charge in [-0.25, -0.2) is 0 Å². The second-order valence-electron chi connectivity index (χ2n) is 2.85. The van der Waals surface area contributed by atoms with Crippen molar-refractivity contribution in [3.05, 3.63) is 35.4 Å². The van der Waals surface area contributed by atoms with E-state index in [1.807, 2.05) is 24.3 Å². The van der Waals surface area contributed by atoms with Crippen molar-refractivity contribution < 1.29 is 0 Å². The molecule has 0 aliphatic carbocycles. The van der Waals surface area contributed by atoms with Crippen LogP contribution in [0.3, 0.4) is 0 Å². The molecule has 1 aromatic rings. The van der Waals surface area contributed by atoms with Gasteiger partial charge in [0, 0.05) is 0 Å². The molecule has 76 valence electrons. The minimum absolute atomic E-state index is 0.0765. The maximum Gasteiger partial charge on any atom is 0.211 e. The van der Waals surface area contributed by atoms with E-state index in [1.165, 1.54) is 6.21 Å². The molecule has 0 bridgehead atoms. The van der Waals surface area contributed by atoms with Crippen LogP contribution in [-0.4, -0.2) is 12.2 Å². The molecule has 0 fully saturated rings. The highest BCUT2D eigenvalue weighted by molar-refractivity contribution is 5.81. The lowest BCUT2D eigenvalue weighted by atomic mass is 10.1. The number of benzene rings is 1. The van der Waals surface area contributed by atoms with Crippen molar-refractivity contribution in [1.82, 2.24) is 0 Å². The Hall–Kier alpha value is -2.35. The minimum Gasteiger partial charge on any atom is -0.369 e. The van der Waals surface area contributed by atoms with E-state index in [0.29, 0.717) is 6.42 Å². The number of hydrogen-bond donors (Lipinski definition) is 2. The number of guanidine groups is 1. The van der Waals surface area contributed by atoms with Crippen LogP contribution in [0.2, 0.25) is 0 Å². The summed E-state index contributed by atoms with van der Waals surface area (Å²) < 4.78 is 0. The molecule has 15 heavy (non-hydrogen) atoms. The van der Waals surface area contributed by atoms with Crippen LogP contribution in [0.5, 0.6) is 0 Å². The van der Waals surface area contributed by atoms with Crippen molar-refractivity contribution in [1.29, 1.82) is 5.26 Å². The van der Waals surface area contributed by atoms with Crippen LogP contribution in [-0.2, 0) is 6.42 Å². The van der Waals surface area contributed by atoms with Crippen molar-refractivity contribution in [3.8, 4) is 6.07 Å². The van der Waals surface area contributed by atoms with Crippen LogP contribution in [0.25, 0.3) is 0 Å². The zero-order valence-electron chi connectivity index (χ0n) is 8.09. The predicted molar refractivity (Wildman–Crippen MR) is 59.2 cm³/mol. The Labute approximate surface area is 87.7 Å². The van der Waals surface area contributed by atoms with Gasteiger partial charge in [0.1, 0.15) is 0 Å². The molecule has 0 saturated heterocycles. The van der Waals surface area contributed by atoms with Gasteiger partial charge < -0.3 is 11.5 Å². The summed E-state index contributed by atoms with van der Waals surface area (Å²) in [6.07, 6.45) is 1.95. The summed E-state index contributed by atoms with van der Waals surface area (Å²) in [5.74, 6) is -0.0765. The van der Waals surface area contributed by atoms with E-state index in [-0.39, 0.29) is 5.96 Å². The minimum atomic E-state index is -0.0765. The first kappa shape index (κ1) is 10.7. The summed E-state index contributed by atoms with van der Waals surface area (Å²) in [6, 6.07) is 9.49. The lowest BCUT2D eigenvalue weighted by Gasteiger charge is -1.94. The third kappa shape index (κ3) is 3.91. The summed E-state index contributed by atoms with van der Waals surface area (Å²) in [5, 5.41) is 15.6. The zero-order chi connectivity index (χ0) is 11.1. The van der Waals surface area contributed by atoms with E-state index in [4.69, 9.17) is 16.7 Å². The highest BCUT2D eigenvalue weighted by atomic mass is 15.3. The molecule has 5 nitrogen and oxygen atoms in total. The number of hydrogen-bond acceptors (Lipinski definition) is 3. The summed E-state index contributed by atoms with van der Waals surface area (Å²) in [6.45, 7) is 0. The monoisotopic (exact) mass is 201 g/mol. The fourth-order valence-corrected chi connectivity index (χ4v) is 0.975. The van der Waals surface area contributed by atoms with Crippen LogP contribution >= 0.6 is 0 Å². The Morgan fingerprint density at radius 1 is 1.33 bits per heavy atom. The Morgan fingerprint density at radius 3 is 2.53 bits per heavy atom. The SMILES string of the molecule is N#CCc1ccc(C=NN=C(N)N)cc1. The maximum atomic E-state index is 8.47. The molecule has 4 N–H and O–H groups in total. The van der Waals surface area contributed by atoms with Gasteiger partial charge in [-0.15, -0.1) is 5.10 Å². The molecule has 0 spiro atoms. The second-order valence-corrected chi connectivity index (χ2v) is 2.85. The standard InChI is InChI=1S/C10H11N5/c11-6-5-8-1-3-9(4-2-8)7-14-15-10(12)13/h1-4,7H,5H2,(H4,12,13,15). The molecule has 0 heterocycles. The van der Waals surface area contributed by atoms with Crippen molar-refractivity contribution in [2.75, 3.05) is 0 Å². The summed E-state index contributed by atoms with van der Waals surface area (Å²) in [7, 11) is 0. The lowest BCUT2D eigenvalue weighted by molar-refractivity contribution is 1.21. The fourth-order valence-electron chi connectivity index (χ4n) is 0.975. The lowest BCUT2D eigenvalue weighted by Crippen LogP contribution is -2.21. The van der Waals surface area contributed by atoms with Crippen LogP contribution in [0.4, 0.5) is 0 Å². The van der Waals surface area contributed by atoms with E-state index in [0.717, 1.165) is 11.1 Å². The predicted octanol–water partition coefficient (Wildman–Crippen LogP) is 0.360. The van der Waals surface area contributed by atoms with Gasteiger partial charge in [-0.3, -0.25) is 0 Å². The number of nitriles is 1. The van der Waals surface area contributed by atoms with Gasteiger partial charge in [0.25, 0.3) is 0 Å². The molecular weight excluding hydrogens is 190 g/mol. The highest BCUT2D eigenvalue weighted by Gasteiger charge is 1.91. The normalized spacial score (nSPS) is 9.80. The molecule has 1 aromatic carbocycles. The molecule has 5 heteroatoms. The molecule has 0 atom stereocenters. The quantitative estimate of drug-likeness (QED) is 0.419. The molecule has 0 unspecified atom stereocenters. The smallest absolute Gasteiger partial charge is 0.211 e. The summed E-state index contributed by atoms with van der Waals surface area (Å²) in [5.41, 5.74) is 12.0. The topological polar surface area (TPSA) is 101 Å². The van der Waals surface area contributed by atoms with Crippen LogP contribution in [0, 0.1) is 11.3 Å². The maximum absolute atomic E-state index is 8.47. The molecule has 1 rings (SSSR count). The van der Waals surface area contributed by atoms with E-state index in [9.17, 15) is 0 Å². The van der Waals surface area contributed by atoms with Gasteiger partial charge in [-0.2, -0.15) is 10.4 Å². The highest BCUT2D eigenvalue weighted by Crippen LogP contribution is 2.02. The van der Waals surface area contributed by atoms with Crippen molar-refractivity contribution in [3.63, 3.8) is 0 Å². The van der Waals surface area contributed by atoms with Crippen LogP contribution in [0.15, 0.2) is 34.5 Å². The fraction of sp³-hybridized carbons (Fsp3) is 0.100. The van der Waals surface area contributed by atoms with Gasteiger partial charge >= 0.3 is 0 Å². The number of rotatable bonds is 3. The first-order chi connectivity index (χ1) is 7.22. The van der Waals surface area contributed by atoms with Crippen molar-refractivity contribution in [2.45, 2.75) is 6.42 Å². The number of nitrogens with zero attached hydrogens (tertiary/aromatic N) is 3. The van der Waals surface area contributed by atoms with E-state index < -0.39 is 0 Å². The molecule has 0 aromatic heterocycles. The van der Waals surface area contributed by atoms with E-state index in [2.05, 4.69) is 16.3 Å². The van der Waals surface area contributed by atoms with Gasteiger partial charge in [-0.1, -0.05) is 24.3 Å². The molecule has 0 radical (unpaired) electrons. The average molecular weight is 201 g/mol. The van der Waals surface area contributed by atoms with Crippen molar-refractivity contribution >= 4 is 12.2 Å². The molecule has 0 aliphatic rings. The van der Waals surface area contributed by atoms with Gasteiger partial charge in [0.15, 0.2) is 0 Å². The Bertz CT molecular complexity index is 406. The van der Waals surface area contributed by atoms with Gasteiger partial charge in [-0.05, 0) is 11.1 Å². The Balaban J connectivity index is 2.69. The van der Waals surface area contributed by atoms with E-state index in [1.54, 1.807) is 0 Å². The van der Waals surface area contributed by atoms with Crippen LogP contribution in [0.1, 0.15) is 11.1 Å². The molecular formula is C10H11N5. The first-order valence-electron chi connectivity index (χ1n) is 4.30. The molecule has 0 saturated carbocycles. The second kappa shape index (κ2) is 5.40. The summed E-state index contributed by atoms with van der Waals surface area (Å²) in [4.78, 5) is 0. The molecule has 0 aliphatic heterocycles. The third-order valence-corrected chi connectivity index (χ3v) is 1.64. The largest absolute Gasteiger partial charge is 0.369 e. The summed E-state index contributed by atoms with van der Waals surface area (Å²) >= 11 is 0.